The van der Waals surface area contributed by atoms with E-state index in [0.29, 0.717) is 6.61 Å². The molecule has 0 atom stereocenters. The molecule has 0 unspecified atom stereocenters. The minimum atomic E-state index is -0.189. The van der Waals surface area contributed by atoms with E-state index >= 15 is 0 Å². The van der Waals surface area contributed by atoms with Crippen LogP contribution in [-0.2, 0) is 24.2 Å². The molecule has 0 saturated carbocycles. The molecule has 0 aliphatic carbocycles. The molecule has 0 amide bonds. The summed E-state index contributed by atoms with van der Waals surface area (Å²) in [7, 11) is 0. The Balaban J connectivity index is 1.49. The molecule has 0 radical (unpaired) electrons. The number of fused-ring (bicyclic) bond motifs is 2. The number of carbonyl (C=O) groups is 1. The first kappa shape index (κ1) is 15.4. The Morgan fingerprint density at radius 3 is 3.29 bits per heavy atom. The van der Waals surface area contributed by atoms with Gasteiger partial charge in [0.2, 0.25) is 0 Å². The highest BCUT2D eigenvalue weighted by Gasteiger charge is 2.24. The molecule has 24 heavy (non-hydrogen) atoms. The van der Waals surface area contributed by atoms with Gasteiger partial charge in [-0.25, -0.2) is 9.78 Å². The smallest absolute Gasteiger partial charge is 0.339 e. The van der Waals surface area contributed by atoms with E-state index in [0.717, 1.165) is 42.7 Å². The number of nitrogens with one attached hydrogen (secondary N) is 1. The summed E-state index contributed by atoms with van der Waals surface area (Å²) in [6.45, 7) is 4.96. The highest BCUT2D eigenvalue weighted by atomic mass is 32.1. The molecule has 4 rings (SSSR count). The van der Waals surface area contributed by atoms with Crippen LogP contribution in [0.5, 0.6) is 0 Å². The van der Waals surface area contributed by atoms with Crippen molar-refractivity contribution in [1.82, 2.24) is 14.9 Å². The number of aromatic amines is 1. The minimum Gasteiger partial charge on any atom is -0.462 e. The first-order chi connectivity index (χ1) is 11.7. The van der Waals surface area contributed by atoms with E-state index in [2.05, 4.69) is 20.9 Å². The molecule has 4 heterocycles. The predicted molar refractivity (Wildman–Crippen MR) is 94.2 cm³/mol. The predicted octanol–water partition coefficient (Wildman–Crippen LogP) is 3.36. The fourth-order valence-electron chi connectivity index (χ4n) is 3.23. The van der Waals surface area contributed by atoms with E-state index < -0.39 is 0 Å². The summed E-state index contributed by atoms with van der Waals surface area (Å²) in [6, 6.07) is 4.23. The lowest BCUT2D eigenvalue weighted by Gasteiger charge is -2.27. The maximum atomic E-state index is 12.0. The Kier molecular flexibility index (Phi) is 4.08. The maximum absolute atomic E-state index is 12.0. The van der Waals surface area contributed by atoms with Crippen LogP contribution in [0.1, 0.15) is 33.3 Å². The molecule has 1 aliphatic rings. The third-order valence-corrected chi connectivity index (χ3v) is 5.40. The van der Waals surface area contributed by atoms with E-state index in [1.807, 2.05) is 30.8 Å². The van der Waals surface area contributed by atoms with Gasteiger partial charge in [0.25, 0.3) is 0 Å². The molecule has 0 spiro atoms. The number of aromatic nitrogens is 2. The highest BCUT2D eigenvalue weighted by Crippen LogP contribution is 2.30. The van der Waals surface area contributed by atoms with Gasteiger partial charge < -0.3 is 9.72 Å². The monoisotopic (exact) mass is 341 g/mol. The zero-order chi connectivity index (χ0) is 16.5. The van der Waals surface area contributed by atoms with Crippen LogP contribution >= 0.6 is 11.3 Å². The van der Waals surface area contributed by atoms with E-state index in [9.17, 15) is 4.79 Å². The number of esters is 1. The van der Waals surface area contributed by atoms with E-state index in [4.69, 9.17) is 4.74 Å². The van der Waals surface area contributed by atoms with Crippen molar-refractivity contribution < 1.29 is 9.53 Å². The summed E-state index contributed by atoms with van der Waals surface area (Å²) < 4.78 is 5.15. The van der Waals surface area contributed by atoms with Crippen LogP contribution in [0.2, 0.25) is 0 Å². The van der Waals surface area contributed by atoms with Gasteiger partial charge in [0.05, 0.1) is 12.2 Å². The molecule has 1 N–H and O–H groups in total. The Bertz CT molecular complexity index is 883. The Morgan fingerprint density at radius 1 is 1.50 bits per heavy atom. The summed E-state index contributed by atoms with van der Waals surface area (Å²) in [5, 5.41) is 3.09. The summed E-state index contributed by atoms with van der Waals surface area (Å²) in [6.07, 6.45) is 4.75. The van der Waals surface area contributed by atoms with Crippen molar-refractivity contribution in [3.05, 3.63) is 51.5 Å². The lowest BCUT2D eigenvalue weighted by molar-refractivity contribution is 0.0525. The summed E-state index contributed by atoms with van der Waals surface area (Å²) in [5.41, 5.74) is 4.07. The average molecular weight is 341 g/mol. The molecule has 3 aromatic heterocycles. The zero-order valence-electron chi connectivity index (χ0n) is 13.5. The van der Waals surface area contributed by atoms with Gasteiger partial charge in [0.15, 0.2) is 0 Å². The molecule has 3 aromatic rings. The van der Waals surface area contributed by atoms with E-state index in [-0.39, 0.29) is 5.97 Å². The van der Waals surface area contributed by atoms with Crippen LogP contribution in [0.3, 0.4) is 0 Å². The topological polar surface area (TPSA) is 58.2 Å². The van der Waals surface area contributed by atoms with Crippen molar-refractivity contribution in [1.29, 1.82) is 0 Å². The van der Waals surface area contributed by atoms with E-state index in [1.165, 1.54) is 16.0 Å². The van der Waals surface area contributed by atoms with Crippen LogP contribution in [0, 0.1) is 0 Å². The van der Waals surface area contributed by atoms with Crippen LogP contribution in [-0.4, -0.2) is 34.0 Å². The van der Waals surface area contributed by atoms with Crippen LogP contribution in [0.25, 0.3) is 11.0 Å². The number of H-pyrrole nitrogens is 1. The van der Waals surface area contributed by atoms with E-state index in [1.54, 1.807) is 11.3 Å². The molecular formula is C18H19N3O2S. The normalized spacial score (nSPS) is 14.7. The maximum Gasteiger partial charge on any atom is 0.339 e. The Labute approximate surface area is 144 Å². The molecule has 0 aromatic carbocycles. The van der Waals surface area contributed by atoms with Crippen LogP contribution < -0.4 is 0 Å². The second-order valence-electron chi connectivity index (χ2n) is 5.99. The van der Waals surface area contributed by atoms with Gasteiger partial charge in [-0.1, -0.05) is 0 Å². The molecule has 0 fully saturated rings. The van der Waals surface area contributed by atoms with Gasteiger partial charge >= 0.3 is 5.97 Å². The number of pyridine rings is 1. The van der Waals surface area contributed by atoms with Crippen molar-refractivity contribution in [2.45, 2.75) is 26.4 Å². The van der Waals surface area contributed by atoms with Gasteiger partial charge in [-0.15, -0.1) is 11.3 Å². The highest BCUT2D eigenvalue weighted by molar-refractivity contribution is 7.10. The standard InChI is InChI=1S/C18H19N3O2S/c1-2-23-18(22)15-11-24-16-10-21(6-4-14(15)16)9-12-7-13-3-5-19-17(13)20-8-12/h3,5,7-8,11H,2,4,6,9-10H2,1H3,(H,19,20). The number of hydrogen-bond acceptors (Lipinski definition) is 5. The molecule has 1 aliphatic heterocycles. The largest absolute Gasteiger partial charge is 0.462 e. The number of nitrogens with zero attached hydrogens (tertiary/aromatic N) is 2. The first-order valence-corrected chi connectivity index (χ1v) is 9.03. The van der Waals surface area contributed by atoms with Gasteiger partial charge in [0.1, 0.15) is 5.65 Å². The molecule has 0 bridgehead atoms. The van der Waals surface area contributed by atoms with Crippen molar-refractivity contribution in [3.63, 3.8) is 0 Å². The quantitative estimate of drug-likeness (QED) is 0.739. The number of rotatable bonds is 4. The number of thiophene rings is 1. The van der Waals surface area contributed by atoms with Crippen LogP contribution in [0.4, 0.5) is 0 Å². The lowest BCUT2D eigenvalue weighted by atomic mass is 10.0. The third kappa shape index (κ3) is 2.83. The van der Waals surface area contributed by atoms with Crippen molar-refractivity contribution >= 4 is 28.3 Å². The Hall–Kier alpha value is -2.18. The molecule has 124 valence electrons. The summed E-state index contributed by atoms with van der Waals surface area (Å²) >= 11 is 1.66. The summed E-state index contributed by atoms with van der Waals surface area (Å²) in [5.74, 6) is -0.189. The summed E-state index contributed by atoms with van der Waals surface area (Å²) in [4.78, 5) is 23.3. The van der Waals surface area contributed by atoms with Gasteiger partial charge in [-0.2, -0.15) is 0 Å². The van der Waals surface area contributed by atoms with Crippen molar-refractivity contribution in [2.24, 2.45) is 0 Å². The molecule has 0 saturated heterocycles. The first-order valence-electron chi connectivity index (χ1n) is 8.15. The lowest BCUT2D eigenvalue weighted by Crippen LogP contribution is -2.29. The molecule has 6 heteroatoms. The van der Waals surface area contributed by atoms with Gasteiger partial charge in [-0.05, 0) is 36.6 Å². The SMILES string of the molecule is CCOC(=O)c1csc2c1CCN(Cc1cnc3[nH]ccc3c1)C2. The second kappa shape index (κ2) is 6.37. The average Bonchev–Trinajstić information content (AvgIpc) is 3.20. The van der Waals surface area contributed by atoms with Crippen molar-refractivity contribution in [2.75, 3.05) is 13.2 Å². The molecular weight excluding hydrogens is 322 g/mol. The van der Waals surface area contributed by atoms with Crippen LogP contribution in [0.15, 0.2) is 29.9 Å². The number of carbonyl (C=O) groups excluding carboxylic acids is 1. The minimum absolute atomic E-state index is 0.189. The number of hydrogen-bond donors (Lipinski definition) is 1. The fourth-order valence-corrected chi connectivity index (χ4v) is 4.34. The third-order valence-electron chi connectivity index (χ3n) is 4.38. The molecule has 5 nitrogen and oxygen atoms in total. The van der Waals surface area contributed by atoms with Gasteiger partial charge in [-0.3, -0.25) is 4.90 Å². The Morgan fingerprint density at radius 2 is 2.42 bits per heavy atom. The van der Waals surface area contributed by atoms with Crippen molar-refractivity contribution in [3.8, 4) is 0 Å². The van der Waals surface area contributed by atoms with Gasteiger partial charge in [0, 0.05) is 47.7 Å². The second-order valence-corrected chi connectivity index (χ2v) is 6.96. The number of ether oxygens (including phenoxy) is 1. The zero-order valence-corrected chi connectivity index (χ0v) is 14.4. The fraction of sp³-hybridized carbons (Fsp3) is 0.333.